The Hall–Kier alpha value is -3.30. The number of nitrogens with one attached hydrogen (secondary N) is 1. The van der Waals surface area contributed by atoms with Crippen molar-refractivity contribution in [2.24, 2.45) is 7.05 Å². The van der Waals surface area contributed by atoms with Gasteiger partial charge < -0.3 is 15.0 Å². The Balaban J connectivity index is 1.47. The van der Waals surface area contributed by atoms with Crippen LogP contribution in [-0.4, -0.2) is 76.7 Å². The first-order chi connectivity index (χ1) is 15.0. The van der Waals surface area contributed by atoms with Gasteiger partial charge in [0.05, 0.1) is 37.8 Å². The molecule has 1 aliphatic heterocycles. The lowest BCUT2D eigenvalue weighted by molar-refractivity contribution is -0.136. The molecule has 0 atom stereocenters. The summed E-state index contributed by atoms with van der Waals surface area (Å²) in [6, 6.07) is 7.62. The van der Waals surface area contributed by atoms with Gasteiger partial charge in [0.2, 0.25) is 5.91 Å². The molecule has 1 N–H and O–H groups in total. The Morgan fingerprint density at radius 2 is 2.10 bits per heavy atom. The van der Waals surface area contributed by atoms with Gasteiger partial charge in [-0.1, -0.05) is 12.1 Å². The van der Waals surface area contributed by atoms with Crippen molar-refractivity contribution in [3.05, 3.63) is 47.8 Å². The van der Waals surface area contributed by atoms with Gasteiger partial charge in [0.25, 0.3) is 0 Å². The zero-order valence-electron chi connectivity index (χ0n) is 17.7. The Morgan fingerprint density at radius 3 is 2.87 bits per heavy atom. The van der Waals surface area contributed by atoms with Gasteiger partial charge in [0.1, 0.15) is 0 Å². The molecule has 0 radical (unpaired) electrons. The third kappa shape index (κ3) is 4.73. The molecule has 9 nitrogen and oxygen atoms in total. The van der Waals surface area contributed by atoms with E-state index in [1.54, 1.807) is 17.1 Å². The molecule has 0 unspecified atom stereocenters. The molecule has 1 aromatic carbocycles. The standard InChI is InChI=1S/C22H26N6O3/c1-26(14-21(30)28-6-8-31-9-7-28)13-16-4-3-5-20(19(16)15-29)25-18-10-17-11-24-27(2)22(17)23-12-18/h3-5,10-12,15,25H,6-9,13-14H2,1-2H3. The van der Waals surface area contributed by atoms with Crippen molar-refractivity contribution in [2.45, 2.75) is 6.54 Å². The Morgan fingerprint density at radius 1 is 1.29 bits per heavy atom. The van der Waals surface area contributed by atoms with Crippen LogP contribution in [0.5, 0.6) is 0 Å². The molecule has 31 heavy (non-hydrogen) atoms. The maximum absolute atomic E-state index is 12.5. The van der Waals surface area contributed by atoms with Crippen molar-refractivity contribution in [1.82, 2.24) is 24.6 Å². The number of benzene rings is 1. The van der Waals surface area contributed by atoms with E-state index in [2.05, 4.69) is 15.4 Å². The van der Waals surface area contributed by atoms with Crippen molar-refractivity contribution in [3.63, 3.8) is 0 Å². The first kappa shape index (κ1) is 21.0. The summed E-state index contributed by atoms with van der Waals surface area (Å²) in [7, 11) is 3.73. The molecule has 1 fully saturated rings. The maximum atomic E-state index is 12.5. The smallest absolute Gasteiger partial charge is 0.236 e. The summed E-state index contributed by atoms with van der Waals surface area (Å²) >= 11 is 0. The number of carbonyl (C=O) groups excluding carboxylic acids is 2. The van der Waals surface area contributed by atoms with Crippen LogP contribution < -0.4 is 5.32 Å². The molecular weight excluding hydrogens is 396 g/mol. The number of hydrogen-bond donors (Lipinski definition) is 1. The van der Waals surface area contributed by atoms with Gasteiger partial charge in [-0.3, -0.25) is 19.2 Å². The highest BCUT2D eigenvalue weighted by atomic mass is 16.5. The van der Waals surface area contributed by atoms with Gasteiger partial charge in [0.15, 0.2) is 11.9 Å². The van der Waals surface area contributed by atoms with Gasteiger partial charge in [-0.05, 0) is 24.7 Å². The van der Waals surface area contributed by atoms with Crippen LogP contribution in [0.1, 0.15) is 15.9 Å². The van der Waals surface area contributed by atoms with Gasteiger partial charge >= 0.3 is 0 Å². The van der Waals surface area contributed by atoms with E-state index in [0.29, 0.717) is 44.1 Å². The molecule has 4 rings (SSSR count). The molecule has 9 heteroatoms. The minimum Gasteiger partial charge on any atom is -0.378 e. The minimum atomic E-state index is 0.0728. The fourth-order valence-electron chi connectivity index (χ4n) is 3.76. The Bertz CT molecular complexity index is 1090. The zero-order valence-corrected chi connectivity index (χ0v) is 17.7. The van der Waals surface area contributed by atoms with Crippen LogP contribution in [0, 0.1) is 0 Å². The Labute approximate surface area is 180 Å². The number of rotatable bonds is 7. The molecule has 0 aliphatic carbocycles. The van der Waals surface area contributed by atoms with E-state index in [-0.39, 0.29) is 12.5 Å². The molecule has 1 amide bonds. The second kappa shape index (κ2) is 9.23. The molecule has 2 aromatic heterocycles. The summed E-state index contributed by atoms with van der Waals surface area (Å²) in [5.41, 5.74) is 3.69. The van der Waals surface area contributed by atoms with Gasteiger partial charge in [-0.2, -0.15) is 5.10 Å². The second-order valence-corrected chi connectivity index (χ2v) is 7.69. The summed E-state index contributed by atoms with van der Waals surface area (Å²) in [6.45, 7) is 3.19. The van der Waals surface area contributed by atoms with E-state index in [0.717, 1.165) is 28.6 Å². The van der Waals surface area contributed by atoms with E-state index < -0.39 is 0 Å². The number of aldehydes is 1. The number of pyridine rings is 1. The predicted molar refractivity (Wildman–Crippen MR) is 117 cm³/mol. The van der Waals surface area contributed by atoms with E-state index in [4.69, 9.17) is 4.74 Å². The van der Waals surface area contributed by atoms with Crippen LogP contribution >= 0.6 is 0 Å². The van der Waals surface area contributed by atoms with E-state index in [1.165, 1.54) is 0 Å². The van der Waals surface area contributed by atoms with Crippen molar-refractivity contribution in [2.75, 3.05) is 45.2 Å². The predicted octanol–water partition coefficient (Wildman–Crippen LogP) is 1.81. The lowest BCUT2D eigenvalue weighted by Crippen LogP contribution is -2.44. The third-order valence-electron chi connectivity index (χ3n) is 5.37. The van der Waals surface area contributed by atoms with E-state index in [1.807, 2.05) is 48.2 Å². The molecule has 162 valence electrons. The second-order valence-electron chi connectivity index (χ2n) is 7.69. The van der Waals surface area contributed by atoms with Crippen LogP contribution in [0.2, 0.25) is 0 Å². The molecule has 0 saturated carbocycles. The van der Waals surface area contributed by atoms with E-state index >= 15 is 0 Å². The summed E-state index contributed by atoms with van der Waals surface area (Å²) in [5, 5.41) is 8.42. The molecule has 1 saturated heterocycles. The number of likely N-dealkylation sites (N-methyl/N-ethyl adjacent to an activating group) is 1. The SMILES string of the molecule is CN(CC(=O)N1CCOCC1)Cc1cccc(Nc2cnc3c(cnn3C)c2)c1C=O. The first-order valence-corrected chi connectivity index (χ1v) is 10.2. The highest BCUT2D eigenvalue weighted by Crippen LogP contribution is 2.25. The number of morpholine rings is 1. The lowest BCUT2D eigenvalue weighted by Gasteiger charge is -2.29. The number of ether oxygens (including phenoxy) is 1. The number of hydrogen-bond acceptors (Lipinski definition) is 7. The van der Waals surface area contributed by atoms with Crippen molar-refractivity contribution >= 4 is 34.6 Å². The fourth-order valence-corrected chi connectivity index (χ4v) is 3.76. The monoisotopic (exact) mass is 422 g/mol. The average molecular weight is 422 g/mol. The summed E-state index contributed by atoms with van der Waals surface area (Å²) in [5.74, 6) is 0.0728. The summed E-state index contributed by atoms with van der Waals surface area (Å²) in [6.07, 6.45) is 4.33. The number of aromatic nitrogens is 3. The number of fused-ring (bicyclic) bond motifs is 1. The average Bonchev–Trinajstić information content (AvgIpc) is 3.14. The molecule has 0 bridgehead atoms. The largest absolute Gasteiger partial charge is 0.378 e. The Kier molecular flexibility index (Phi) is 6.24. The van der Waals surface area contributed by atoms with Crippen LogP contribution in [0.15, 0.2) is 36.7 Å². The third-order valence-corrected chi connectivity index (χ3v) is 5.37. The van der Waals surface area contributed by atoms with E-state index in [9.17, 15) is 9.59 Å². The first-order valence-electron chi connectivity index (χ1n) is 10.2. The van der Waals surface area contributed by atoms with Crippen molar-refractivity contribution < 1.29 is 14.3 Å². The lowest BCUT2D eigenvalue weighted by atomic mass is 10.1. The summed E-state index contributed by atoms with van der Waals surface area (Å²) in [4.78, 5) is 32.6. The maximum Gasteiger partial charge on any atom is 0.236 e. The molecule has 3 heterocycles. The number of nitrogens with zero attached hydrogens (tertiary/aromatic N) is 5. The van der Waals surface area contributed by atoms with Crippen molar-refractivity contribution in [1.29, 1.82) is 0 Å². The van der Waals surface area contributed by atoms with Crippen LogP contribution in [0.25, 0.3) is 11.0 Å². The summed E-state index contributed by atoms with van der Waals surface area (Å²) < 4.78 is 7.02. The quantitative estimate of drug-likeness (QED) is 0.581. The highest BCUT2D eigenvalue weighted by Gasteiger charge is 2.19. The van der Waals surface area contributed by atoms with Crippen molar-refractivity contribution in [3.8, 4) is 0 Å². The molecule has 0 spiro atoms. The van der Waals surface area contributed by atoms with Crippen LogP contribution in [0.4, 0.5) is 11.4 Å². The topological polar surface area (TPSA) is 92.6 Å². The fraction of sp³-hybridized carbons (Fsp3) is 0.364. The molecule has 3 aromatic rings. The minimum absolute atomic E-state index is 0.0728. The van der Waals surface area contributed by atoms with Crippen LogP contribution in [-0.2, 0) is 23.1 Å². The number of aryl methyl sites for hydroxylation is 1. The normalized spacial score (nSPS) is 14.2. The van der Waals surface area contributed by atoms with Crippen LogP contribution in [0.3, 0.4) is 0 Å². The molecular formula is C22H26N6O3. The number of anilines is 2. The van der Waals surface area contributed by atoms with Gasteiger partial charge in [-0.25, -0.2) is 4.98 Å². The number of amides is 1. The zero-order chi connectivity index (χ0) is 21.8. The highest BCUT2D eigenvalue weighted by molar-refractivity contribution is 5.89. The molecule has 1 aliphatic rings. The number of carbonyl (C=O) groups is 2. The van der Waals surface area contributed by atoms with Gasteiger partial charge in [-0.15, -0.1) is 0 Å². The van der Waals surface area contributed by atoms with Gasteiger partial charge in [0, 0.05) is 43.3 Å².